The van der Waals surface area contributed by atoms with E-state index in [2.05, 4.69) is 38.4 Å². The lowest BCUT2D eigenvalue weighted by Crippen LogP contribution is -2.56. The third-order valence-electron chi connectivity index (χ3n) is 3.83. The van der Waals surface area contributed by atoms with E-state index in [4.69, 9.17) is 11.6 Å². The summed E-state index contributed by atoms with van der Waals surface area (Å²) < 4.78 is 0. The van der Waals surface area contributed by atoms with E-state index >= 15 is 0 Å². The molecule has 2 atom stereocenters. The number of thiol groups is 1. The summed E-state index contributed by atoms with van der Waals surface area (Å²) in [5.41, 5.74) is 0.540. The molecule has 0 aliphatic carbocycles. The molecule has 0 bridgehead atoms. The van der Waals surface area contributed by atoms with Gasteiger partial charge in [0.05, 0.1) is 10.6 Å². The Kier molecular flexibility index (Phi) is 4.43. The summed E-state index contributed by atoms with van der Waals surface area (Å²) in [6.07, 6.45) is 0. The van der Waals surface area contributed by atoms with Gasteiger partial charge in [-0.15, -0.1) is 12.6 Å². The highest BCUT2D eigenvalue weighted by molar-refractivity contribution is 7.80. The van der Waals surface area contributed by atoms with Crippen molar-refractivity contribution >= 4 is 30.1 Å². The monoisotopic (exact) mass is 298 g/mol. The molecule has 1 aliphatic heterocycles. The van der Waals surface area contributed by atoms with Crippen LogP contribution in [0.15, 0.2) is 23.1 Å². The number of hydrogen-bond acceptors (Lipinski definition) is 3. The first-order valence-corrected chi connectivity index (χ1v) is 7.22. The molecule has 2 unspecified atom stereocenters. The van der Waals surface area contributed by atoms with E-state index < -0.39 is 0 Å². The van der Waals surface area contributed by atoms with Gasteiger partial charge < -0.3 is 4.90 Å². The largest absolute Gasteiger partial charge is 0.335 e. The lowest BCUT2D eigenvalue weighted by Gasteiger charge is -2.42. The maximum absolute atomic E-state index is 12.6. The number of likely N-dealkylation sites (N-methyl/N-ethyl adjacent to an activating group) is 1. The van der Waals surface area contributed by atoms with Crippen molar-refractivity contribution in [1.82, 2.24) is 9.80 Å². The average Bonchev–Trinajstić information content (AvgIpc) is 2.37. The molecule has 0 N–H and O–H groups in total. The molecule has 1 saturated heterocycles. The van der Waals surface area contributed by atoms with Crippen molar-refractivity contribution in [2.24, 2.45) is 0 Å². The minimum atomic E-state index is -0.00676. The Morgan fingerprint density at radius 2 is 1.89 bits per heavy atom. The molecule has 1 fully saturated rings. The Balaban J connectivity index is 2.22. The molecule has 19 heavy (non-hydrogen) atoms. The van der Waals surface area contributed by atoms with Crippen molar-refractivity contribution in [2.45, 2.75) is 30.8 Å². The number of benzene rings is 1. The number of halogens is 1. The number of rotatable bonds is 1. The van der Waals surface area contributed by atoms with E-state index in [1.165, 1.54) is 0 Å². The Morgan fingerprint density at radius 1 is 1.32 bits per heavy atom. The predicted molar refractivity (Wildman–Crippen MR) is 81.3 cm³/mol. The normalized spacial score (nSPS) is 24.6. The van der Waals surface area contributed by atoms with Crippen LogP contribution in [0.5, 0.6) is 0 Å². The number of carbonyl (C=O) groups excluding carboxylic acids is 1. The smallest absolute Gasteiger partial charge is 0.255 e. The molecule has 1 aliphatic rings. The summed E-state index contributed by atoms with van der Waals surface area (Å²) in [6, 6.07) is 5.95. The van der Waals surface area contributed by atoms with E-state index in [0.29, 0.717) is 22.7 Å². The Morgan fingerprint density at radius 3 is 2.47 bits per heavy atom. The highest BCUT2D eigenvalue weighted by atomic mass is 35.5. The first-order chi connectivity index (χ1) is 8.90. The Bertz CT molecular complexity index is 482. The molecule has 1 amide bonds. The molecule has 1 aromatic rings. The highest BCUT2D eigenvalue weighted by Crippen LogP contribution is 2.23. The minimum absolute atomic E-state index is 0.00676. The molecule has 5 heteroatoms. The van der Waals surface area contributed by atoms with Gasteiger partial charge in [-0.05, 0) is 39.1 Å². The molecule has 0 aromatic heterocycles. The van der Waals surface area contributed by atoms with Gasteiger partial charge in [0.1, 0.15) is 0 Å². The maximum Gasteiger partial charge on any atom is 0.255 e. The lowest BCUT2D eigenvalue weighted by molar-refractivity contribution is 0.0414. The van der Waals surface area contributed by atoms with Crippen molar-refractivity contribution < 1.29 is 4.79 Å². The average molecular weight is 299 g/mol. The molecular formula is C14H19ClN2OS. The van der Waals surface area contributed by atoms with E-state index in [0.717, 1.165) is 18.0 Å². The zero-order chi connectivity index (χ0) is 14.2. The van der Waals surface area contributed by atoms with Crippen LogP contribution in [0.25, 0.3) is 0 Å². The molecule has 1 heterocycles. The second-order valence-corrected chi connectivity index (χ2v) is 6.16. The van der Waals surface area contributed by atoms with E-state index in [1.54, 1.807) is 18.2 Å². The van der Waals surface area contributed by atoms with Gasteiger partial charge in [-0.25, -0.2) is 0 Å². The van der Waals surface area contributed by atoms with Gasteiger partial charge in [0, 0.05) is 30.1 Å². The molecular weight excluding hydrogens is 280 g/mol. The van der Waals surface area contributed by atoms with Crippen LogP contribution in [-0.4, -0.2) is 47.9 Å². The summed E-state index contributed by atoms with van der Waals surface area (Å²) >= 11 is 10.4. The van der Waals surface area contributed by atoms with Crippen molar-refractivity contribution in [2.75, 3.05) is 20.1 Å². The predicted octanol–water partition coefficient (Wildman–Crippen LogP) is 2.79. The van der Waals surface area contributed by atoms with Gasteiger partial charge in [-0.3, -0.25) is 9.69 Å². The van der Waals surface area contributed by atoms with Crippen molar-refractivity contribution in [3.63, 3.8) is 0 Å². The van der Waals surface area contributed by atoms with Crippen LogP contribution < -0.4 is 0 Å². The number of piperazine rings is 1. The molecule has 3 nitrogen and oxygen atoms in total. The van der Waals surface area contributed by atoms with Gasteiger partial charge in [-0.2, -0.15) is 0 Å². The van der Waals surface area contributed by atoms with Crippen LogP contribution in [0.1, 0.15) is 24.2 Å². The second-order valence-electron chi connectivity index (χ2n) is 5.24. The lowest BCUT2D eigenvalue weighted by atomic mass is 10.1. The van der Waals surface area contributed by atoms with Crippen molar-refractivity contribution in [1.29, 1.82) is 0 Å². The molecule has 2 rings (SSSR count). The van der Waals surface area contributed by atoms with Crippen LogP contribution >= 0.6 is 24.2 Å². The van der Waals surface area contributed by atoms with Crippen LogP contribution in [0.3, 0.4) is 0 Å². The zero-order valence-corrected chi connectivity index (χ0v) is 13.1. The summed E-state index contributed by atoms with van der Waals surface area (Å²) in [5.74, 6) is -0.00676. The first kappa shape index (κ1) is 14.7. The van der Waals surface area contributed by atoms with E-state index in [9.17, 15) is 4.79 Å². The maximum atomic E-state index is 12.6. The summed E-state index contributed by atoms with van der Waals surface area (Å²) in [4.78, 5) is 17.5. The summed E-state index contributed by atoms with van der Waals surface area (Å²) in [6.45, 7) is 5.72. The molecule has 104 valence electrons. The van der Waals surface area contributed by atoms with Gasteiger partial charge in [-0.1, -0.05) is 11.6 Å². The van der Waals surface area contributed by atoms with Gasteiger partial charge in [0.2, 0.25) is 0 Å². The third kappa shape index (κ3) is 3.07. The van der Waals surface area contributed by atoms with Crippen LogP contribution in [0.2, 0.25) is 5.02 Å². The summed E-state index contributed by atoms with van der Waals surface area (Å²) in [7, 11) is 2.10. The SMILES string of the molecule is CC1CN(C(=O)c2cc(S)ccc2Cl)CC(C)N1C. The fourth-order valence-corrected chi connectivity index (χ4v) is 2.82. The molecule has 0 saturated carbocycles. The fourth-order valence-electron chi connectivity index (χ4n) is 2.42. The number of nitrogens with zero attached hydrogens (tertiary/aromatic N) is 2. The zero-order valence-electron chi connectivity index (χ0n) is 11.4. The molecule has 0 spiro atoms. The Labute approximate surface area is 124 Å². The molecule has 0 radical (unpaired) electrons. The highest BCUT2D eigenvalue weighted by Gasteiger charge is 2.30. The number of amides is 1. The van der Waals surface area contributed by atoms with E-state index in [-0.39, 0.29) is 5.91 Å². The summed E-state index contributed by atoms with van der Waals surface area (Å²) in [5, 5.41) is 0.488. The van der Waals surface area contributed by atoms with Crippen molar-refractivity contribution in [3.8, 4) is 0 Å². The van der Waals surface area contributed by atoms with E-state index in [1.807, 2.05) is 4.90 Å². The third-order valence-corrected chi connectivity index (χ3v) is 4.44. The fraction of sp³-hybridized carbons (Fsp3) is 0.500. The second kappa shape index (κ2) is 5.73. The van der Waals surface area contributed by atoms with Crippen molar-refractivity contribution in [3.05, 3.63) is 28.8 Å². The molecule has 1 aromatic carbocycles. The quantitative estimate of drug-likeness (QED) is 0.806. The Hall–Kier alpha value is -0.710. The number of carbonyl (C=O) groups is 1. The minimum Gasteiger partial charge on any atom is -0.335 e. The van der Waals surface area contributed by atoms with Crippen LogP contribution in [0.4, 0.5) is 0 Å². The standard InChI is InChI=1S/C14H19ClN2OS/c1-9-7-17(8-10(2)16(9)3)14(18)12-6-11(19)4-5-13(12)15/h4-6,9-10,19H,7-8H2,1-3H3. The topological polar surface area (TPSA) is 23.6 Å². The van der Waals surface area contributed by atoms with Crippen LogP contribution in [-0.2, 0) is 0 Å². The van der Waals surface area contributed by atoms with Gasteiger partial charge in [0.25, 0.3) is 5.91 Å². The van der Waals surface area contributed by atoms with Gasteiger partial charge >= 0.3 is 0 Å². The number of hydrogen-bond donors (Lipinski definition) is 1. The van der Waals surface area contributed by atoms with Crippen LogP contribution in [0, 0.1) is 0 Å². The van der Waals surface area contributed by atoms with Gasteiger partial charge in [0.15, 0.2) is 0 Å². The first-order valence-electron chi connectivity index (χ1n) is 6.40.